The van der Waals surface area contributed by atoms with Crippen LogP contribution in [0, 0.1) is 0 Å². The molecule has 3 N–H and O–H groups in total. The van der Waals surface area contributed by atoms with Gasteiger partial charge in [0.2, 0.25) is 0 Å². The summed E-state index contributed by atoms with van der Waals surface area (Å²) in [5.41, 5.74) is 4.20. The molecule has 0 fully saturated rings. The topological polar surface area (TPSA) is 77.0 Å². The fraction of sp³-hybridized carbons (Fsp3) is 0.154. The van der Waals surface area contributed by atoms with Gasteiger partial charge in [-0.1, -0.05) is 18.2 Å². The zero-order valence-electron chi connectivity index (χ0n) is 9.47. The molecular formula is C13H13NO3. The van der Waals surface area contributed by atoms with Gasteiger partial charge in [-0.3, -0.25) is 0 Å². The zero-order chi connectivity index (χ0) is 12.4. The van der Waals surface area contributed by atoms with Gasteiger partial charge in [0.15, 0.2) is 6.04 Å². The predicted molar refractivity (Wildman–Crippen MR) is 61.1 cm³/mol. The number of methoxy groups -OCH3 is 1. The van der Waals surface area contributed by atoms with Crippen LogP contribution in [0.1, 0.15) is 11.6 Å². The van der Waals surface area contributed by atoms with Gasteiger partial charge < -0.3 is 20.4 Å². The number of ether oxygens (including phenoxy) is 1. The third-order valence-electron chi connectivity index (χ3n) is 2.76. The summed E-state index contributed by atoms with van der Waals surface area (Å²) < 4.78 is 5.12. The molecule has 88 valence electrons. The standard InChI is InChI=1S/C13H13NO3/c1-17-11-5-4-8-6-10(12(14)13(15)16)3-2-9(8)7-11/h2-7,12H,14H2,1H3,(H,15,16)/t12-/m0/s1. The third-order valence-corrected chi connectivity index (χ3v) is 2.76. The molecule has 0 saturated heterocycles. The Kier molecular flexibility index (Phi) is 2.97. The number of hydrogen-bond donors (Lipinski definition) is 1. The number of hydrogen-bond acceptors (Lipinski definition) is 3. The van der Waals surface area contributed by atoms with Crippen molar-refractivity contribution in [1.29, 1.82) is 0 Å². The molecule has 0 spiro atoms. The second-order valence-electron chi connectivity index (χ2n) is 3.84. The van der Waals surface area contributed by atoms with Crippen molar-refractivity contribution >= 4 is 16.7 Å². The van der Waals surface area contributed by atoms with Gasteiger partial charge in [0, 0.05) is 5.56 Å². The first-order chi connectivity index (χ1) is 8.11. The number of carboxylic acid groups (broad SMARTS) is 1. The molecule has 0 radical (unpaired) electrons. The summed E-state index contributed by atoms with van der Waals surface area (Å²) in [4.78, 5) is 10.7. The fourth-order valence-electron chi connectivity index (χ4n) is 1.72. The Balaban J connectivity index is 2.48. The molecule has 0 unspecified atom stereocenters. The van der Waals surface area contributed by atoms with E-state index in [2.05, 4.69) is 5.73 Å². The minimum absolute atomic E-state index is 0.641. The van der Waals surface area contributed by atoms with Crippen LogP contribution in [-0.2, 0) is 4.79 Å². The van der Waals surface area contributed by atoms with Gasteiger partial charge in [0.25, 0.3) is 0 Å². The van der Waals surface area contributed by atoms with Crippen LogP contribution < -0.4 is 15.6 Å². The number of benzene rings is 2. The van der Waals surface area contributed by atoms with Crippen molar-refractivity contribution in [2.24, 2.45) is 0 Å². The zero-order valence-corrected chi connectivity index (χ0v) is 9.47. The Bertz CT molecular complexity index is 566. The Labute approximate surface area is 98.6 Å². The molecule has 0 aromatic heterocycles. The number of carbonyl (C=O) groups excluding carboxylic acids is 1. The highest BCUT2D eigenvalue weighted by molar-refractivity contribution is 5.85. The average molecular weight is 231 g/mol. The van der Waals surface area contributed by atoms with Gasteiger partial charge in [-0.15, -0.1) is 0 Å². The molecule has 0 aliphatic heterocycles. The smallest absolute Gasteiger partial charge is 0.150 e. The van der Waals surface area contributed by atoms with Gasteiger partial charge >= 0.3 is 0 Å². The quantitative estimate of drug-likeness (QED) is 0.800. The maximum atomic E-state index is 10.7. The largest absolute Gasteiger partial charge is 0.544 e. The van der Waals surface area contributed by atoms with Crippen LogP contribution in [0.5, 0.6) is 5.75 Å². The number of fused-ring (bicyclic) bond motifs is 1. The van der Waals surface area contributed by atoms with E-state index in [1.54, 1.807) is 13.2 Å². The highest BCUT2D eigenvalue weighted by Gasteiger charge is 2.10. The first-order valence-electron chi connectivity index (χ1n) is 5.23. The normalized spacial score (nSPS) is 12.4. The van der Waals surface area contributed by atoms with Crippen molar-refractivity contribution < 1.29 is 20.4 Å². The molecule has 4 nitrogen and oxygen atoms in total. The minimum Gasteiger partial charge on any atom is -0.544 e. The minimum atomic E-state index is -1.17. The monoisotopic (exact) mass is 231 g/mol. The summed E-state index contributed by atoms with van der Waals surface area (Å²) in [6.07, 6.45) is 0. The molecule has 1 atom stereocenters. The second-order valence-corrected chi connectivity index (χ2v) is 3.84. The van der Waals surface area contributed by atoms with Crippen molar-refractivity contribution in [2.75, 3.05) is 7.11 Å². The van der Waals surface area contributed by atoms with E-state index in [1.165, 1.54) is 0 Å². The van der Waals surface area contributed by atoms with E-state index in [9.17, 15) is 9.90 Å². The number of aliphatic carboxylic acids is 1. The highest BCUT2D eigenvalue weighted by Crippen LogP contribution is 2.23. The lowest BCUT2D eigenvalue weighted by Crippen LogP contribution is -2.61. The number of carboxylic acids is 1. The van der Waals surface area contributed by atoms with Crippen molar-refractivity contribution in [3.8, 4) is 5.75 Å². The molecule has 0 heterocycles. The molecular weight excluding hydrogens is 218 g/mol. The Hall–Kier alpha value is -2.07. The van der Waals surface area contributed by atoms with Gasteiger partial charge in [-0.2, -0.15) is 0 Å². The third kappa shape index (κ3) is 2.21. The van der Waals surface area contributed by atoms with Crippen LogP contribution in [-0.4, -0.2) is 13.1 Å². The van der Waals surface area contributed by atoms with Gasteiger partial charge in [-0.05, 0) is 29.0 Å². The van der Waals surface area contributed by atoms with Crippen LogP contribution in [0.2, 0.25) is 0 Å². The van der Waals surface area contributed by atoms with Crippen LogP contribution in [0.15, 0.2) is 36.4 Å². The summed E-state index contributed by atoms with van der Waals surface area (Å²) in [7, 11) is 1.61. The average Bonchev–Trinajstić information content (AvgIpc) is 2.36. The van der Waals surface area contributed by atoms with Crippen molar-refractivity contribution in [2.45, 2.75) is 6.04 Å². The van der Waals surface area contributed by atoms with Crippen LogP contribution in [0.3, 0.4) is 0 Å². The van der Waals surface area contributed by atoms with E-state index in [1.807, 2.05) is 30.3 Å². The Morgan fingerprint density at radius 3 is 2.53 bits per heavy atom. The fourth-order valence-corrected chi connectivity index (χ4v) is 1.72. The van der Waals surface area contributed by atoms with E-state index in [0.717, 1.165) is 16.5 Å². The van der Waals surface area contributed by atoms with Crippen LogP contribution in [0.25, 0.3) is 10.8 Å². The first-order valence-corrected chi connectivity index (χ1v) is 5.23. The van der Waals surface area contributed by atoms with E-state index in [-0.39, 0.29) is 0 Å². The lowest BCUT2D eigenvalue weighted by atomic mass is 10.0. The molecule has 0 aliphatic carbocycles. The molecule has 0 bridgehead atoms. The SMILES string of the molecule is COc1ccc2cc([C@H]([NH3+])C(=O)[O-])ccc2c1. The van der Waals surface area contributed by atoms with Crippen molar-refractivity contribution in [3.05, 3.63) is 42.0 Å². The maximum Gasteiger partial charge on any atom is 0.150 e. The van der Waals surface area contributed by atoms with Gasteiger partial charge in [-0.25, -0.2) is 0 Å². The van der Waals surface area contributed by atoms with Gasteiger partial charge in [0.1, 0.15) is 11.7 Å². The van der Waals surface area contributed by atoms with Crippen molar-refractivity contribution in [1.82, 2.24) is 0 Å². The molecule has 2 aromatic carbocycles. The number of quaternary nitrogens is 1. The summed E-state index contributed by atoms with van der Waals surface area (Å²) >= 11 is 0. The maximum absolute atomic E-state index is 10.7. The first kappa shape index (κ1) is 11.4. The summed E-state index contributed by atoms with van der Waals surface area (Å²) in [5, 5.41) is 12.7. The molecule has 4 heteroatoms. The van der Waals surface area contributed by atoms with Gasteiger partial charge in [0.05, 0.1) is 7.11 Å². The summed E-state index contributed by atoms with van der Waals surface area (Å²) in [6, 6.07) is 10.2. The van der Waals surface area contributed by atoms with E-state index in [4.69, 9.17) is 4.74 Å². The van der Waals surface area contributed by atoms with Crippen molar-refractivity contribution in [3.63, 3.8) is 0 Å². The van der Waals surface area contributed by atoms with E-state index < -0.39 is 12.0 Å². The molecule has 17 heavy (non-hydrogen) atoms. The molecule has 0 aliphatic rings. The lowest BCUT2D eigenvalue weighted by Gasteiger charge is -2.10. The molecule has 0 saturated carbocycles. The van der Waals surface area contributed by atoms with E-state index in [0.29, 0.717) is 5.56 Å². The Morgan fingerprint density at radius 1 is 1.24 bits per heavy atom. The van der Waals surface area contributed by atoms with Crippen LogP contribution in [0.4, 0.5) is 0 Å². The predicted octanol–water partition coefficient (Wildman–Crippen LogP) is -0.119. The van der Waals surface area contributed by atoms with Crippen LogP contribution >= 0.6 is 0 Å². The number of rotatable bonds is 3. The summed E-state index contributed by atoms with van der Waals surface area (Å²) in [6.45, 7) is 0. The molecule has 0 amide bonds. The lowest BCUT2D eigenvalue weighted by molar-refractivity contribution is -0.443. The second kappa shape index (κ2) is 4.43. The molecule has 2 rings (SSSR count). The molecule has 2 aromatic rings. The van der Waals surface area contributed by atoms with E-state index >= 15 is 0 Å². The highest BCUT2D eigenvalue weighted by atomic mass is 16.5. The number of carbonyl (C=O) groups is 1. The Morgan fingerprint density at radius 2 is 1.88 bits per heavy atom. The summed E-state index contributed by atoms with van der Waals surface area (Å²) in [5.74, 6) is -0.394.